The van der Waals surface area contributed by atoms with Crippen molar-refractivity contribution in [3.05, 3.63) is 29.6 Å². The van der Waals surface area contributed by atoms with Gasteiger partial charge in [0.05, 0.1) is 5.25 Å². The lowest BCUT2D eigenvalue weighted by Gasteiger charge is -2.35. The zero-order chi connectivity index (χ0) is 12.8. The molecule has 1 aliphatic rings. The Hall–Kier alpha value is -0.940. The van der Waals surface area contributed by atoms with E-state index in [1.165, 1.54) is 6.07 Å². The van der Waals surface area contributed by atoms with Crippen LogP contribution >= 0.6 is 0 Å². The summed E-state index contributed by atoms with van der Waals surface area (Å²) < 4.78 is 38.2. The van der Waals surface area contributed by atoms with E-state index in [-0.39, 0.29) is 16.9 Å². The summed E-state index contributed by atoms with van der Waals surface area (Å²) in [5.41, 5.74) is 0.540. The Balaban J connectivity index is 2.77. The molecule has 1 aromatic rings. The maximum absolute atomic E-state index is 13.8. The Morgan fingerprint density at radius 3 is 2.53 bits per heavy atom. The molecule has 3 unspecified atom stereocenters. The number of nitrogens with one attached hydrogen (secondary N) is 1. The highest BCUT2D eigenvalue weighted by Gasteiger charge is 2.42. The van der Waals surface area contributed by atoms with E-state index in [9.17, 15) is 12.8 Å². The van der Waals surface area contributed by atoms with Gasteiger partial charge in [-0.3, -0.25) is 0 Å². The SMILES string of the molecule is CNC1c2cccc(F)c2S(=O)(=O)C(C)C1C. The van der Waals surface area contributed by atoms with Gasteiger partial charge in [0.15, 0.2) is 9.84 Å². The van der Waals surface area contributed by atoms with Crippen molar-refractivity contribution in [3.63, 3.8) is 0 Å². The summed E-state index contributed by atoms with van der Waals surface area (Å²) in [5.74, 6) is -0.735. The molecule has 0 saturated carbocycles. The smallest absolute Gasteiger partial charge is 0.184 e. The summed E-state index contributed by atoms with van der Waals surface area (Å²) in [7, 11) is -1.79. The van der Waals surface area contributed by atoms with E-state index in [0.29, 0.717) is 5.56 Å². The highest BCUT2D eigenvalue weighted by Crippen LogP contribution is 2.40. The first-order valence-corrected chi connectivity index (χ1v) is 7.15. The number of fused-ring (bicyclic) bond motifs is 1. The van der Waals surface area contributed by atoms with Crippen molar-refractivity contribution in [1.29, 1.82) is 0 Å². The van der Waals surface area contributed by atoms with Gasteiger partial charge in [0.2, 0.25) is 0 Å². The van der Waals surface area contributed by atoms with Gasteiger partial charge in [-0.1, -0.05) is 19.1 Å². The first kappa shape index (κ1) is 12.5. The summed E-state index contributed by atoms with van der Waals surface area (Å²) in [4.78, 5) is -0.134. The van der Waals surface area contributed by atoms with Crippen molar-refractivity contribution in [2.45, 2.75) is 30.0 Å². The molecule has 1 aliphatic heterocycles. The van der Waals surface area contributed by atoms with Crippen LogP contribution < -0.4 is 5.32 Å². The first-order valence-electron chi connectivity index (χ1n) is 5.60. The number of hydrogen-bond donors (Lipinski definition) is 1. The molecule has 94 valence electrons. The fraction of sp³-hybridized carbons (Fsp3) is 0.500. The van der Waals surface area contributed by atoms with Crippen LogP contribution in [0.1, 0.15) is 25.5 Å². The van der Waals surface area contributed by atoms with E-state index < -0.39 is 20.9 Å². The van der Waals surface area contributed by atoms with Gasteiger partial charge in [0.25, 0.3) is 0 Å². The molecule has 0 amide bonds. The minimum Gasteiger partial charge on any atom is -0.313 e. The van der Waals surface area contributed by atoms with Crippen LogP contribution in [0.5, 0.6) is 0 Å². The quantitative estimate of drug-likeness (QED) is 0.835. The van der Waals surface area contributed by atoms with Crippen LogP contribution in [0, 0.1) is 11.7 Å². The molecule has 1 heterocycles. The van der Waals surface area contributed by atoms with Crippen molar-refractivity contribution in [2.75, 3.05) is 7.05 Å². The van der Waals surface area contributed by atoms with Crippen LogP contribution in [0.15, 0.2) is 23.1 Å². The fourth-order valence-electron chi connectivity index (χ4n) is 2.51. The molecule has 0 aliphatic carbocycles. The van der Waals surface area contributed by atoms with E-state index in [2.05, 4.69) is 5.32 Å². The lowest BCUT2D eigenvalue weighted by Crippen LogP contribution is -2.40. The third-order valence-electron chi connectivity index (χ3n) is 3.68. The second-order valence-corrected chi connectivity index (χ2v) is 6.78. The van der Waals surface area contributed by atoms with Gasteiger partial charge in [-0.15, -0.1) is 0 Å². The standard InChI is InChI=1S/C12H16FNO2S/c1-7-8(2)17(15,16)12-9(11(7)14-3)5-4-6-10(12)13/h4-8,11,14H,1-3H3. The molecule has 1 aromatic carbocycles. The van der Waals surface area contributed by atoms with Gasteiger partial charge in [-0.2, -0.15) is 0 Å². The summed E-state index contributed by atoms with van der Waals surface area (Å²) in [5, 5.41) is 2.49. The Kier molecular flexibility index (Phi) is 2.99. The molecule has 0 aromatic heterocycles. The molecule has 0 saturated heterocycles. The molecule has 0 bridgehead atoms. The van der Waals surface area contributed by atoms with E-state index in [1.807, 2.05) is 6.92 Å². The van der Waals surface area contributed by atoms with Gasteiger partial charge >= 0.3 is 0 Å². The first-order chi connectivity index (χ1) is 7.91. The maximum Gasteiger partial charge on any atom is 0.184 e. The number of rotatable bonds is 1. The van der Waals surface area contributed by atoms with E-state index in [1.54, 1.807) is 26.1 Å². The normalized spacial score (nSPS) is 30.9. The average molecular weight is 257 g/mol. The second kappa shape index (κ2) is 4.07. The predicted octanol–water partition coefficient (Wildman–Crippen LogP) is 1.90. The lowest BCUT2D eigenvalue weighted by molar-refractivity contribution is 0.372. The molecule has 3 nitrogen and oxygen atoms in total. The molecule has 17 heavy (non-hydrogen) atoms. The minimum atomic E-state index is -3.56. The van der Waals surface area contributed by atoms with Crippen LogP contribution in [-0.2, 0) is 9.84 Å². The summed E-state index contributed by atoms with van der Waals surface area (Å²) in [6.07, 6.45) is 0. The highest BCUT2D eigenvalue weighted by molar-refractivity contribution is 7.92. The lowest BCUT2D eigenvalue weighted by atomic mass is 9.91. The molecule has 3 atom stereocenters. The molecular formula is C12H16FNO2S. The van der Waals surface area contributed by atoms with E-state index in [4.69, 9.17) is 0 Å². The largest absolute Gasteiger partial charge is 0.313 e. The van der Waals surface area contributed by atoms with Crippen molar-refractivity contribution < 1.29 is 12.8 Å². The topological polar surface area (TPSA) is 46.2 Å². The number of benzene rings is 1. The Morgan fingerprint density at radius 2 is 1.94 bits per heavy atom. The maximum atomic E-state index is 13.8. The van der Waals surface area contributed by atoms with Crippen molar-refractivity contribution in [3.8, 4) is 0 Å². The number of halogens is 1. The van der Waals surface area contributed by atoms with E-state index in [0.717, 1.165) is 0 Å². The molecule has 0 fully saturated rings. The van der Waals surface area contributed by atoms with Crippen molar-refractivity contribution in [2.24, 2.45) is 5.92 Å². The van der Waals surface area contributed by atoms with Crippen LogP contribution in [0.25, 0.3) is 0 Å². The van der Waals surface area contributed by atoms with Crippen LogP contribution in [0.3, 0.4) is 0 Å². The third kappa shape index (κ3) is 1.68. The van der Waals surface area contributed by atoms with Crippen LogP contribution in [0.2, 0.25) is 0 Å². The van der Waals surface area contributed by atoms with Crippen LogP contribution in [0.4, 0.5) is 4.39 Å². The third-order valence-corrected chi connectivity index (χ3v) is 6.09. The Labute approximate surface area is 101 Å². The molecule has 0 spiro atoms. The molecule has 5 heteroatoms. The predicted molar refractivity (Wildman–Crippen MR) is 64.0 cm³/mol. The van der Waals surface area contributed by atoms with Gasteiger partial charge < -0.3 is 5.32 Å². The Bertz CT molecular complexity index is 541. The minimum absolute atomic E-state index is 0.0840. The molecule has 0 radical (unpaired) electrons. The van der Waals surface area contributed by atoms with Gasteiger partial charge in [-0.05, 0) is 31.5 Å². The summed E-state index contributed by atoms with van der Waals surface area (Å²) in [6.45, 7) is 3.51. The second-order valence-electron chi connectivity index (χ2n) is 4.53. The summed E-state index contributed by atoms with van der Waals surface area (Å²) >= 11 is 0. The molecular weight excluding hydrogens is 241 g/mol. The zero-order valence-electron chi connectivity index (χ0n) is 10.1. The van der Waals surface area contributed by atoms with Gasteiger partial charge in [-0.25, -0.2) is 12.8 Å². The molecule has 2 rings (SSSR count). The zero-order valence-corrected chi connectivity index (χ0v) is 10.9. The van der Waals surface area contributed by atoms with Gasteiger partial charge in [0, 0.05) is 6.04 Å². The fourth-order valence-corrected chi connectivity index (χ4v) is 4.47. The number of sulfone groups is 1. The monoisotopic (exact) mass is 257 g/mol. The highest BCUT2D eigenvalue weighted by atomic mass is 32.2. The van der Waals surface area contributed by atoms with E-state index >= 15 is 0 Å². The van der Waals surface area contributed by atoms with Gasteiger partial charge in [0.1, 0.15) is 10.7 Å². The van der Waals surface area contributed by atoms with Crippen molar-refractivity contribution >= 4 is 9.84 Å². The number of hydrogen-bond acceptors (Lipinski definition) is 3. The Morgan fingerprint density at radius 1 is 1.29 bits per heavy atom. The van der Waals surface area contributed by atoms with Crippen LogP contribution in [-0.4, -0.2) is 20.7 Å². The summed E-state index contributed by atoms with van der Waals surface area (Å²) in [6, 6.07) is 4.31. The van der Waals surface area contributed by atoms with Crippen molar-refractivity contribution in [1.82, 2.24) is 5.32 Å². The molecule has 1 N–H and O–H groups in total. The average Bonchev–Trinajstić information content (AvgIpc) is 2.27.